The molecular weight excluding hydrogens is 336 g/mol. The lowest BCUT2D eigenvalue weighted by Gasteiger charge is -2.07. The van der Waals surface area contributed by atoms with Crippen LogP contribution in [0, 0.1) is 6.92 Å². The van der Waals surface area contributed by atoms with Crippen LogP contribution in [0.1, 0.15) is 5.69 Å². The highest BCUT2D eigenvalue weighted by molar-refractivity contribution is 6.08. The molecule has 3 heterocycles. The molecule has 0 aliphatic rings. The van der Waals surface area contributed by atoms with Crippen molar-refractivity contribution in [1.82, 2.24) is 9.97 Å². The van der Waals surface area contributed by atoms with Crippen molar-refractivity contribution < 1.29 is 9.15 Å². The molecule has 0 aliphatic heterocycles. The Bertz CT molecular complexity index is 1260. The van der Waals surface area contributed by atoms with Crippen LogP contribution in [0.5, 0.6) is 11.6 Å². The minimum Gasteiger partial charge on any atom is -0.439 e. The largest absolute Gasteiger partial charge is 0.439 e. The van der Waals surface area contributed by atoms with Gasteiger partial charge in [0, 0.05) is 28.1 Å². The molecule has 5 aromatic rings. The molecule has 4 nitrogen and oxygen atoms in total. The number of furan rings is 1. The van der Waals surface area contributed by atoms with Crippen molar-refractivity contribution in [2.45, 2.75) is 6.92 Å². The van der Waals surface area contributed by atoms with Crippen molar-refractivity contribution in [3.05, 3.63) is 84.6 Å². The van der Waals surface area contributed by atoms with Gasteiger partial charge in [-0.05, 0) is 43.3 Å². The lowest BCUT2D eigenvalue weighted by atomic mass is 10.1. The molecular formula is C23H16N2O2. The molecule has 27 heavy (non-hydrogen) atoms. The van der Waals surface area contributed by atoms with E-state index in [0.29, 0.717) is 11.6 Å². The highest BCUT2D eigenvalue weighted by Gasteiger charge is 2.14. The standard InChI is InChI=1S/C23H16N2O2/c1-15-13-14-18-17-9-5-10-19(22(17)27-23(18)24-15)20-11-6-12-21(25-20)26-16-7-3-2-4-8-16/h2-14H,1H3. The first-order valence-corrected chi connectivity index (χ1v) is 8.77. The molecule has 3 aromatic heterocycles. The van der Waals surface area contributed by atoms with E-state index in [9.17, 15) is 0 Å². The molecule has 5 rings (SSSR count). The van der Waals surface area contributed by atoms with Crippen molar-refractivity contribution >= 4 is 22.1 Å². The predicted octanol–water partition coefficient (Wildman–Crippen LogP) is 6.14. The van der Waals surface area contributed by atoms with E-state index < -0.39 is 0 Å². The van der Waals surface area contributed by atoms with E-state index in [0.717, 1.165) is 39.1 Å². The molecule has 0 fully saturated rings. The number of fused-ring (bicyclic) bond motifs is 3. The Kier molecular flexibility index (Phi) is 3.61. The Morgan fingerprint density at radius 3 is 2.48 bits per heavy atom. The summed E-state index contributed by atoms with van der Waals surface area (Å²) in [7, 11) is 0. The smallest absolute Gasteiger partial charge is 0.227 e. The van der Waals surface area contributed by atoms with Gasteiger partial charge in [0.15, 0.2) is 0 Å². The number of aryl methyl sites for hydroxylation is 1. The summed E-state index contributed by atoms with van der Waals surface area (Å²) in [4.78, 5) is 9.18. The molecule has 0 amide bonds. The van der Waals surface area contributed by atoms with Crippen molar-refractivity contribution in [1.29, 1.82) is 0 Å². The number of nitrogens with zero attached hydrogens (tertiary/aromatic N) is 2. The lowest BCUT2D eigenvalue weighted by Crippen LogP contribution is -1.90. The average Bonchev–Trinajstić information content (AvgIpc) is 3.06. The Morgan fingerprint density at radius 2 is 1.59 bits per heavy atom. The Labute approximate surface area is 156 Å². The van der Waals surface area contributed by atoms with Gasteiger partial charge in [0.2, 0.25) is 11.6 Å². The normalized spacial score (nSPS) is 11.1. The van der Waals surface area contributed by atoms with Gasteiger partial charge in [-0.2, -0.15) is 0 Å². The molecule has 2 aromatic carbocycles. The third-order valence-corrected chi connectivity index (χ3v) is 4.47. The topological polar surface area (TPSA) is 48.2 Å². The summed E-state index contributed by atoms with van der Waals surface area (Å²) in [5.74, 6) is 1.30. The van der Waals surface area contributed by atoms with Crippen LogP contribution in [0.4, 0.5) is 0 Å². The maximum absolute atomic E-state index is 6.09. The molecule has 0 bridgehead atoms. The van der Waals surface area contributed by atoms with Crippen LogP contribution < -0.4 is 4.74 Å². The van der Waals surface area contributed by atoms with Crippen molar-refractivity contribution in [3.8, 4) is 22.9 Å². The van der Waals surface area contributed by atoms with Gasteiger partial charge in [-0.1, -0.05) is 36.4 Å². The summed E-state index contributed by atoms with van der Waals surface area (Å²) in [5, 5.41) is 2.04. The Balaban J connectivity index is 1.63. The van der Waals surface area contributed by atoms with E-state index in [-0.39, 0.29) is 0 Å². The van der Waals surface area contributed by atoms with E-state index in [2.05, 4.69) is 16.0 Å². The van der Waals surface area contributed by atoms with Gasteiger partial charge >= 0.3 is 0 Å². The van der Waals surface area contributed by atoms with Gasteiger partial charge in [0.25, 0.3) is 0 Å². The SMILES string of the molecule is Cc1ccc2c(n1)oc1c(-c3cccc(Oc4ccccc4)n3)cccc12. The first kappa shape index (κ1) is 15.6. The number of para-hydroxylation sites is 2. The lowest BCUT2D eigenvalue weighted by molar-refractivity contribution is 0.463. The van der Waals surface area contributed by atoms with Crippen LogP contribution in [0.15, 0.2) is 83.3 Å². The molecule has 0 saturated heterocycles. The van der Waals surface area contributed by atoms with E-state index in [1.165, 1.54) is 0 Å². The van der Waals surface area contributed by atoms with Gasteiger partial charge in [0.1, 0.15) is 11.3 Å². The number of ether oxygens (including phenoxy) is 1. The number of aromatic nitrogens is 2. The molecule has 0 saturated carbocycles. The highest BCUT2D eigenvalue weighted by atomic mass is 16.5. The molecule has 0 spiro atoms. The van der Waals surface area contributed by atoms with Gasteiger partial charge in [0.05, 0.1) is 5.69 Å². The number of benzene rings is 2. The Hall–Kier alpha value is -3.66. The molecule has 4 heteroatoms. The van der Waals surface area contributed by atoms with E-state index in [4.69, 9.17) is 9.15 Å². The summed E-state index contributed by atoms with van der Waals surface area (Å²) in [6.45, 7) is 1.96. The fourth-order valence-corrected chi connectivity index (χ4v) is 3.20. The average molecular weight is 352 g/mol. The van der Waals surface area contributed by atoms with Crippen LogP contribution >= 0.6 is 0 Å². The quantitative estimate of drug-likeness (QED) is 0.391. The third-order valence-electron chi connectivity index (χ3n) is 4.47. The number of hydrogen-bond acceptors (Lipinski definition) is 4. The van der Waals surface area contributed by atoms with Crippen LogP contribution in [-0.4, -0.2) is 9.97 Å². The number of pyridine rings is 2. The second kappa shape index (κ2) is 6.25. The minimum absolute atomic E-state index is 0.542. The van der Waals surface area contributed by atoms with Crippen molar-refractivity contribution in [3.63, 3.8) is 0 Å². The van der Waals surface area contributed by atoms with Crippen LogP contribution in [-0.2, 0) is 0 Å². The molecule has 0 unspecified atom stereocenters. The van der Waals surface area contributed by atoms with Crippen molar-refractivity contribution in [2.24, 2.45) is 0 Å². The molecule has 0 aliphatic carbocycles. The zero-order valence-corrected chi connectivity index (χ0v) is 14.7. The fourth-order valence-electron chi connectivity index (χ4n) is 3.20. The zero-order valence-electron chi connectivity index (χ0n) is 14.7. The van der Waals surface area contributed by atoms with Gasteiger partial charge in [-0.15, -0.1) is 0 Å². The molecule has 130 valence electrons. The Morgan fingerprint density at radius 1 is 0.741 bits per heavy atom. The third kappa shape index (κ3) is 2.81. The van der Waals surface area contributed by atoms with Crippen molar-refractivity contribution in [2.75, 3.05) is 0 Å². The summed E-state index contributed by atoms with van der Waals surface area (Å²) in [5.41, 5.74) is 4.08. The first-order chi connectivity index (χ1) is 13.3. The van der Waals surface area contributed by atoms with Crippen LogP contribution in [0.2, 0.25) is 0 Å². The summed E-state index contributed by atoms with van der Waals surface area (Å²) < 4.78 is 12.0. The maximum atomic E-state index is 6.09. The molecule has 0 atom stereocenters. The fraction of sp³-hybridized carbons (Fsp3) is 0.0435. The second-order valence-electron chi connectivity index (χ2n) is 6.37. The van der Waals surface area contributed by atoms with Gasteiger partial charge in [-0.25, -0.2) is 9.97 Å². The maximum Gasteiger partial charge on any atom is 0.227 e. The first-order valence-electron chi connectivity index (χ1n) is 8.77. The van der Waals surface area contributed by atoms with Gasteiger partial charge in [-0.3, -0.25) is 0 Å². The van der Waals surface area contributed by atoms with Crippen LogP contribution in [0.3, 0.4) is 0 Å². The van der Waals surface area contributed by atoms with Gasteiger partial charge < -0.3 is 9.15 Å². The number of hydrogen-bond donors (Lipinski definition) is 0. The van der Waals surface area contributed by atoms with E-state index >= 15 is 0 Å². The van der Waals surface area contributed by atoms with E-state index in [1.54, 1.807) is 0 Å². The monoisotopic (exact) mass is 352 g/mol. The molecule has 0 N–H and O–H groups in total. The predicted molar refractivity (Wildman–Crippen MR) is 106 cm³/mol. The zero-order chi connectivity index (χ0) is 18.2. The highest BCUT2D eigenvalue weighted by Crippen LogP contribution is 2.35. The minimum atomic E-state index is 0.542. The molecule has 0 radical (unpaired) electrons. The second-order valence-corrected chi connectivity index (χ2v) is 6.37. The summed E-state index contributed by atoms with van der Waals surface area (Å²) in [6.07, 6.45) is 0. The number of rotatable bonds is 3. The summed E-state index contributed by atoms with van der Waals surface area (Å²) >= 11 is 0. The summed E-state index contributed by atoms with van der Waals surface area (Å²) in [6, 6.07) is 25.5. The van der Waals surface area contributed by atoms with Crippen LogP contribution in [0.25, 0.3) is 33.3 Å². The van der Waals surface area contributed by atoms with E-state index in [1.807, 2.05) is 79.7 Å².